The molecule has 1 aromatic rings. The predicted molar refractivity (Wildman–Crippen MR) is 50.8 cm³/mol. The Hall–Kier alpha value is 0.856. The monoisotopic (exact) mass is 188 g/mol. The van der Waals surface area contributed by atoms with Gasteiger partial charge in [-0.3, -0.25) is 0 Å². The SMILES string of the molecule is CC.Cc1[c-]cc(C)c(C)c1.[K+]. The predicted octanol–water partition coefficient (Wildman–Crippen LogP) is 0.442. The van der Waals surface area contributed by atoms with Crippen molar-refractivity contribution in [1.29, 1.82) is 0 Å². The fourth-order valence-electron chi connectivity index (χ4n) is 0.816. The summed E-state index contributed by atoms with van der Waals surface area (Å²) in [6.45, 7) is 10.3. The Morgan fingerprint density at radius 2 is 1.50 bits per heavy atom. The van der Waals surface area contributed by atoms with Crippen molar-refractivity contribution in [2.75, 3.05) is 0 Å². The normalized spacial score (nSPS) is 7.75. The minimum atomic E-state index is 0. The van der Waals surface area contributed by atoms with Gasteiger partial charge in [-0.15, -0.1) is 0 Å². The van der Waals surface area contributed by atoms with Crippen LogP contribution in [0.2, 0.25) is 0 Å². The summed E-state index contributed by atoms with van der Waals surface area (Å²) in [7, 11) is 0. The molecular weight excluding hydrogens is 171 g/mol. The molecule has 12 heavy (non-hydrogen) atoms. The van der Waals surface area contributed by atoms with Crippen LogP contribution >= 0.6 is 0 Å². The second-order valence-corrected chi connectivity index (χ2v) is 2.48. The van der Waals surface area contributed by atoms with E-state index in [2.05, 4.69) is 32.9 Å². The van der Waals surface area contributed by atoms with E-state index < -0.39 is 0 Å². The minimum absolute atomic E-state index is 0. The summed E-state index contributed by atoms with van der Waals surface area (Å²) in [5.41, 5.74) is 3.89. The summed E-state index contributed by atoms with van der Waals surface area (Å²) >= 11 is 0. The largest absolute Gasteiger partial charge is 1.00 e. The molecule has 0 N–H and O–H groups in total. The fraction of sp³-hybridized carbons (Fsp3) is 0.455. The molecule has 0 radical (unpaired) electrons. The first-order chi connectivity index (χ1) is 5.20. The Labute approximate surface area is 119 Å². The van der Waals surface area contributed by atoms with Crippen LogP contribution in [0.5, 0.6) is 0 Å². The maximum atomic E-state index is 3.14. The van der Waals surface area contributed by atoms with Crippen molar-refractivity contribution in [2.24, 2.45) is 0 Å². The molecule has 0 saturated carbocycles. The van der Waals surface area contributed by atoms with Crippen LogP contribution < -0.4 is 51.4 Å². The van der Waals surface area contributed by atoms with Gasteiger partial charge in [-0.2, -0.15) is 34.9 Å². The molecule has 0 saturated heterocycles. The summed E-state index contributed by atoms with van der Waals surface area (Å²) in [6, 6.07) is 7.32. The number of aryl methyl sites for hydroxylation is 3. The van der Waals surface area contributed by atoms with Gasteiger partial charge in [0.25, 0.3) is 0 Å². The van der Waals surface area contributed by atoms with E-state index in [1.54, 1.807) is 0 Å². The van der Waals surface area contributed by atoms with E-state index in [0.29, 0.717) is 0 Å². The smallest absolute Gasteiger partial charge is 0.180 e. The second kappa shape index (κ2) is 8.45. The molecule has 0 aliphatic rings. The summed E-state index contributed by atoms with van der Waals surface area (Å²) in [5, 5.41) is 0. The molecule has 0 nitrogen and oxygen atoms in total. The van der Waals surface area contributed by atoms with E-state index in [1.165, 1.54) is 16.7 Å². The van der Waals surface area contributed by atoms with Gasteiger partial charge in [-0.25, -0.2) is 0 Å². The molecule has 0 spiro atoms. The number of hydrogen-bond donors (Lipinski definition) is 0. The van der Waals surface area contributed by atoms with E-state index in [9.17, 15) is 0 Å². The van der Waals surface area contributed by atoms with Gasteiger partial charge in [0.05, 0.1) is 0 Å². The van der Waals surface area contributed by atoms with Crippen molar-refractivity contribution in [2.45, 2.75) is 34.6 Å². The standard InChI is InChI=1S/C9H11.C2H6.K/c1-7-4-5-8(2)9(3)6-7;1-2;/h5-6H,1-3H3;1-2H3;/q-1;;+1. The van der Waals surface area contributed by atoms with Crippen molar-refractivity contribution >= 4 is 0 Å². The molecule has 62 valence electrons. The van der Waals surface area contributed by atoms with Crippen molar-refractivity contribution in [3.05, 3.63) is 34.9 Å². The number of rotatable bonds is 0. The molecule has 0 aliphatic heterocycles. The van der Waals surface area contributed by atoms with Gasteiger partial charge >= 0.3 is 51.4 Å². The summed E-state index contributed by atoms with van der Waals surface area (Å²) < 4.78 is 0. The molecule has 0 amide bonds. The Kier molecular flexibility index (Phi) is 10.8. The van der Waals surface area contributed by atoms with Gasteiger partial charge in [0.1, 0.15) is 0 Å². The van der Waals surface area contributed by atoms with Crippen molar-refractivity contribution < 1.29 is 51.4 Å². The van der Waals surface area contributed by atoms with Crippen LogP contribution in [0.1, 0.15) is 30.5 Å². The van der Waals surface area contributed by atoms with Gasteiger partial charge in [-0.1, -0.05) is 34.6 Å². The first-order valence-corrected chi connectivity index (χ1v) is 4.15. The Morgan fingerprint density at radius 3 is 1.83 bits per heavy atom. The van der Waals surface area contributed by atoms with Crippen LogP contribution in [0.15, 0.2) is 12.1 Å². The van der Waals surface area contributed by atoms with Crippen molar-refractivity contribution in [3.63, 3.8) is 0 Å². The first-order valence-electron chi connectivity index (χ1n) is 4.15. The number of hydrogen-bond acceptors (Lipinski definition) is 0. The van der Waals surface area contributed by atoms with Crippen molar-refractivity contribution in [3.8, 4) is 0 Å². The number of benzene rings is 1. The van der Waals surface area contributed by atoms with Gasteiger partial charge < -0.3 is 0 Å². The molecule has 1 rings (SSSR count). The van der Waals surface area contributed by atoms with Crippen LogP contribution in [-0.4, -0.2) is 0 Å². The first kappa shape index (κ1) is 15.3. The summed E-state index contributed by atoms with van der Waals surface area (Å²) in [5.74, 6) is 0. The summed E-state index contributed by atoms with van der Waals surface area (Å²) in [4.78, 5) is 0. The zero-order valence-electron chi connectivity index (χ0n) is 9.15. The van der Waals surface area contributed by atoms with Gasteiger partial charge in [0.15, 0.2) is 0 Å². The van der Waals surface area contributed by atoms with Crippen LogP contribution in [0.3, 0.4) is 0 Å². The molecule has 1 aromatic carbocycles. The zero-order valence-corrected chi connectivity index (χ0v) is 12.3. The minimum Gasteiger partial charge on any atom is -0.180 e. The van der Waals surface area contributed by atoms with Crippen molar-refractivity contribution in [1.82, 2.24) is 0 Å². The van der Waals surface area contributed by atoms with E-state index in [-0.39, 0.29) is 51.4 Å². The fourth-order valence-corrected chi connectivity index (χ4v) is 0.816. The van der Waals surface area contributed by atoms with Crippen LogP contribution in [0.25, 0.3) is 0 Å². The zero-order chi connectivity index (χ0) is 8.85. The third-order valence-electron chi connectivity index (χ3n) is 1.57. The molecule has 0 unspecified atom stereocenters. The van der Waals surface area contributed by atoms with E-state index in [4.69, 9.17) is 0 Å². The Bertz CT molecular complexity index is 216. The van der Waals surface area contributed by atoms with Gasteiger partial charge in [-0.05, 0) is 0 Å². The molecule has 0 heterocycles. The van der Waals surface area contributed by atoms with Gasteiger partial charge in [0, 0.05) is 0 Å². The van der Waals surface area contributed by atoms with Crippen LogP contribution in [-0.2, 0) is 0 Å². The van der Waals surface area contributed by atoms with E-state index >= 15 is 0 Å². The van der Waals surface area contributed by atoms with E-state index in [0.717, 1.165) is 0 Å². The third kappa shape index (κ3) is 5.49. The van der Waals surface area contributed by atoms with E-state index in [1.807, 2.05) is 19.9 Å². The molecule has 0 aliphatic carbocycles. The molecule has 0 fully saturated rings. The molecule has 0 aromatic heterocycles. The maximum absolute atomic E-state index is 3.14. The second-order valence-electron chi connectivity index (χ2n) is 2.48. The average Bonchev–Trinajstić information content (AvgIpc) is 2.02. The van der Waals surface area contributed by atoms with Crippen LogP contribution in [0, 0.1) is 26.8 Å². The Morgan fingerprint density at radius 1 is 1.00 bits per heavy atom. The third-order valence-corrected chi connectivity index (χ3v) is 1.57. The van der Waals surface area contributed by atoms with Gasteiger partial charge in [0.2, 0.25) is 0 Å². The molecular formula is C11H17K. The maximum Gasteiger partial charge on any atom is 1.00 e. The Balaban J connectivity index is 0. The topological polar surface area (TPSA) is 0 Å². The average molecular weight is 188 g/mol. The molecule has 0 atom stereocenters. The summed E-state index contributed by atoms with van der Waals surface area (Å²) in [6.07, 6.45) is 0. The van der Waals surface area contributed by atoms with Crippen LogP contribution in [0.4, 0.5) is 0 Å². The molecule has 1 heteroatoms. The quantitative estimate of drug-likeness (QED) is 0.409. The molecule has 0 bridgehead atoms.